The topological polar surface area (TPSA) is 103 Å². The second-order valence-electron chi connectivity index (χ2n) is 8.72. The molecule has 1 aliphatic rings. The maximum atomic E-state index is 13.4. The van der Waals surface area contributed by atoms with Crippen LogP contribution >= 0.6 is 11.5 Å². The smallest absolute Gasteiger partial charge is 0.322 e. The average molecular weight is 518 g/mol. The van der Waals surface area contributed by atoms with E-state index in [-0.39, 0.29) is 18.5 Å². The van der Waals surface area contributed by atoms with Crippen molar-refractivity contribution < 1.29 is 14.0 Å². The lowest BCUT2D eigenvalue weighted by atomic mass is 10.1. The molecule has 0 unspecified atom stereocenters. The number of urea groups is 1. The molecule has 3 heterocycles. The molecule has 1 aliphatic heterocycles. The molecule has 2 aromatic carbocycles. The molecule has 0 aliphatic carbocycles. The first kappa shape index (κ1) is 24.3. The molecule has 0 fully saturated rings. The zero-order valence-corrected chi connectivity index (χ0v) is 21.3. The Morgan fingerprint density at radius 1 is 1.16 bits per heavy atom. The second kappa shape index (κ2) is 9.94. The third-order valence-electron chi connectivity index (χ3n) is 5.97. The molecule has 0 bridgehead atoms. The number of alkyl halides is 1. The summed E-state index contributed by atoms with van der Waals surface area (Å²) in [6.45, 7) is 3.43. The third-order valence-corrected chi connectivity index (χ3v) is 6.77. The fourth-order valence-corrected chi connectivity index (χ4v) is 4.72. The second-order valence-corrected chi connectivity index (χ2v) is 9.52. The van der Waals surface area contributed by atoms with Gasteiger partial charge in [-0.1, -0.05) is 18.2 Å². The number of carbonyl (C=O) groups is 2. The van der Waals surface area contributed by atoms with E-state index in [9.17, 15) is 14.0 Å². The van der Waals surface area contributed by atoms with E-state index in [1.807, 2.05) is 26.0 Å². The fraction of sp³-hybridized carbons (Fsp3) is 0.192. The number of hydrogen-bond donors (Lipinski definition) is 2. The number of benzene rings is 2. The van der Waals surface area contributed by atoms with E-state index >= 15 is 0 Å². The van der Waals surface area contributed by atoms with Gasteiger partial charge in [-0.2, -0.15) is 9.36 Å². The van der Waals surface area contributed by atoms with E-state index < -0.39 is 6.67 Å². The highest BCUT2D eigenvalue weighted by atomic mass is 32.1. The summed E-state index contributed by atoms with van der Waals surface area (Å²) in [6.07, 6.45) is 1.70. The van der Waals surface area contributed by atoms with Gasteiger partial charge in [-0.05, 0) is 66.8 Å². The number of halogens is 1. The van der Waals surface area contributed by atoms with Crippen molar-refractivity contribution in [3.8, 4) is 0 Å². The first-order chi connectivity index (χ1) is 17.8. The summed E-state index contributed by atoms with van der Waals surface area (Å²) < 4.78 is 17.2. The quantitative estimate of drug-likeness (QED) is 0.346. The number of rotatable bonds is 6. The standard InChI is InChI=1S/C26H24FN7O2S/c1-15-7-8-20(29-24(35)18-6-4-5-17(10-18)12-27)11-21(15)34-14-19-13-28-25(30-22-9-16(2)32-37-22)31-23(19)33(3)26(34)36/h4-11,13H,12,14H2,1-3H3,(H,29,35)(H,28,30,31). The van der Waals surface area contributed by atoms with Crippen LogP contribution in [0.5, 0.6) is 0 Å². The van der Waals surface area contributed by atoms with Crippen LogP contribution in [-0.2, 0) is 13.2 Å². The molecule has 0 saturated carbocycles. The van der Waals surface area contributed by atoms with Gasteiger partial charge in [-0.3, -0.25) is 14.6 Å². The Balaban J connectivity index is 1.38. The van der Waals surface area contributed by atoms with Crippen LogP contribution in [0.25, 0.3) is 0 Å². The van der Waals surface area contributed by atoms with Gasteiger partial charge in [0.25, 0.3) is 5.91 Å². The van der Waals surface area contributed by atoms with Crippen molar-refractivity contribution in [3.63, 3.8) is 0 Å². The van der Waals surface area contributed by atoms with Crippen molar-refractivity contribution in [3.05, 3.63) is 82.7 Å². The van der Waals surface area contributed by atoms with Crippen LogP contribution in [0.4, 0.5) is 37.3 Å². The van der Waals surface area contributed by atoms with Gasteiger partial charge >= 0.3 is 6.03 Å². The largest absolute Gasteiger partial charge is 0.330 e. The number of amides is 3. The van der Waals surface area contributed by atoms with Gasteiger partial charge in [0.1, 0.15) is 17.5 Å². The summed E-state index contributed by atoms with van der Waals surface area (Å²) >= 11 is 1.31. The molecule has 0 saturated heterocycles. The Bertz CT molecular complexity index is 1510. The van der Waals surface area contributed by atoms with Crippen molar-refractivity contribution in [2.24, 2.45) is 0 Å². The molecule has 0 atom stereocenters. The van der Waals surface area contributed by atoms with E-state index in [0.29, 0.717) is 34.3 Å². The molecule has 0 spiro atoms. The maximum Gasteiger partial charge on any atom is 0.330 e. The van der Waals surface area contributed by atoms with Gasteiger partial charge in [0.05, 0.1) is 17.9 Å². The molecule has 5 rings (SSSR count). The van der Waals surface area contributed by atoms with Gasteiger partial charge in [-0.25, -0.2) is 14.2 Å². The Morgan fingerprint density at radius 2 is 2.00 bits per heavy atom. The van der Waals surface area contributed by atoms with Crippen molar-refractivity contribution in [1.82, 2.24) is 14.3 Å². The summed E-state index contributed by atoms with van der Waals surface area (Å²) in [5.74, 6) is 0.546. The summed E-state index contributed by atoms with van der Waals surface area (Å²) in [6, 6.07) is 13.4. The van der Waals surface area contributed by atoms with Crippen LogP contribution in [0.2, 0.25) is 0 Å². The number of hydrogen-bond acceptors (Lipinski definition) is 7. The van der Waals surface area contributed by atoms with E-state index in [4.69, 9.17) is 0 Å². The molecule has 188 valence electrons. The molecule has 0 radical (unpaired) electrons. The molecular weight excluding hydrogens is 493 g/mol. The van der Waals surface area contributed by atoms with Crippen LogP contribution in [-0.4, -0.2) is 33.3 Å². The van der Waals surface area contributed by atoms with Crippen LogP contribution in [0.3, 0.4) is 0 Å². The van der Waals surface area contributed by atoms with Gasteiger partial charge < -0.3 is 10.6 Å². The molecular formula is C26H24FN7O2S. The summed E-state index contributed by atoms with van der Waals surface area (Å²) in [4.78, 5) is 38.2. The number of fused-ring (bicyclic) bond motifs is 1. The monoisotopic (exact) mass is 517 g/mol. The number of carbonyl (C=O) groups excluding carboxylic acids is 2. The minimum Gasteiger partial charge on any atom is -0.322 e. The number of anilines is 5. The highest BCUT2D eigenvalue weighted by molar-refractivity contribution is 7.10. The zero-order valence-electron chi connectivity index (χ0n) is 20.4. The van der Waals surface area contributed by atoms with E-state index in [1.54, 1.807) is 48.5 Å². The molecule has 37 heavy (non-hydrogen) atoms. The fourth-order valence-electron chi connectivity index (χ4n) is 4.07. The highest BCUT2D eigenvalue weighted by Crippen LogP contribution is 2.33. The summed E-state index contributed by atoms with van der Waals surface area (Å²) in [5, 5.41) is 6.79. The van der Waals surface area contributed by atoms with Gasteiger partial charge in [0.2, 0.25) is 5.95 Å². The molecule has 4 aromatic rings. The lowest BCUT2D eigenvalue weighted by Crippen LogP contribution is -2.46. The van der Waals surface area contributed by atoms with Crippen LogP contribution in [0, 0.1) is 13.8 Å². The predicted molar refractivity (Wildman–Crippen MR) is 143 cm³/mol. The first-order valence-corrected chi connectivity index (χ1v) is 12.3. The maximum absolute atomic E-state index is 13.4. The average Bonchev–Trinajstić information content (AvgIpc) is 3.32. The molecule has 2 N–H and O–H groups in total. The predicted octanol–water partition coefficient (Wildman–Crippen LogP) is 5.59. The van der Waals surface area contributed by atoms with Crippen molar-refractivity contribution in [2.45, 2.75) is 27.1 Å². The summed E-state index contributed by atoms with van der Waals surface area (Å²) in [7, 11) is 1.67. The van der Waals surface area contributed by atoms with E-state index in [0.717, 1.165) is 21.8 Å². The van der Waals surface area contributed by atoms with Gasteiger partial charge in [0.15, 0.2) is 0 Å². The number of aryl methyl sites for hydroxylation is 2. The normalized spacial score (nSPS) is 12.9. The Morgan fingerprint density at radius 3 is 2.76 bits per heavy atom. The van der Waals surface area contributed by atoms with Crippen LogP contribution in [0.15, 0.2) is 54.7 Å². The van der Waals surface area contributed by atoms with Crippen molar-refractivity contribution >= 4 is 51.6 Å². The van der Waals surface area contributed by atoms with Crippen molar-refractivity contribution in [1.29, 1.82) is 0 Å². The molecule has 2 aromatic heterocycles. The summed E-state index contributed by atoms with van der Waals surface area (Å²) in [5.41, 5.74) is 4.51. The molecule has 11 heteroatoms. The third kappa shape index (κ3) is 4.98. The highest BCUT2D eigenvalue weighted by Gasteiger charge is 2.31. The van der Waals surface area contributed by atoms with E-state index in [1.165, 1.54) is 22.5 Å². The van der Waals surface area contributed by atoms with Crippen LogP contribution in [0.1, 0.15) is 32.7 Å². The number of nitrogens with one attached hydrogen (secondary N) is 2. The Labute approximate surface area is 217 Å². The van der Waals surface area contributed by atoms with Crippen LogP contribution < -0.4 is 20.4 Å². The first-order valence-electron chi connectivity index (χ1n) is 11.5. The molecule has 3 amide bonds. The number of aromatic nitrogens is 3. The zero-order chi connectivity index (χ0) is 26.1. The number of nitrogens with zero attached hydrogens (tertiary/aromatic N) is 5. The lowest BCUT2D eigenvalue weighted by Gasteiger charge is -2.35. The Kier molecular flexibility index (Phi) is 6.53. The van der Waals surface area contributed by atoms with Crippen molar-refractivity contribution in [2.75, 3.05) is 27.5 Å². The molecule has 9 nitrogen and oxygen atoms in total. The SMILES string of the molecule is Cc1cc(Nc2ncc3c(n2)N(C)C(=O)N(c2cc(NC(=O)c4cccc(CF)c4)ccc2C)C3)sn1. The minimum atomic E-state index is -0.645. The minimum absolute atomic E-state index is 0.256. The van der Waals surface area contributed by atoms with Gasteiger partial charge in [-0.15, -0.1) is 0 Å². The van der Waals surface area contributed by atoms with Gasteiger partial charge in [0, 0.05) is 30.1 Å². The lowest BCUT2D eigenvalue weighted by molar-refractivity contribution is 0.102. The Hall–Kier alpha value is -4.38. The van der Waals surface area contributed by atoms with E-state index in [2.05, 4.69) is 25.0 Å².